The summed E-state index contributed by atoms with van der Waals surface area (Å²) in [5, 5.41) is 0. The average molecular weight is 185 g/mol. The number of carbonyl (C=O) groups is 1. The Morgan fingerprint density at radius 1 is 1.75 bits per heavy atom. The van der Waals surface area contributed by atoms with E-state index in [1.165, 1.54) is 11.3 Å². The highest BCUT2D eigenvalue weighted by Crippen LogP contribution is 2.06. The van der Waals surface area contributed by atoms with Gasteiger partial charge in [0.25, 0.3) is 0 Å². The molecule has 0 N–H and O–H groups in total. The first-order valence-corrected chi connectivity index (χ1v) is 4.72. The second-order valence-electron chi connectivity index (χ2n) is 2.34. The van der Waals surface area contributed by atoms with E-state index in [1.807, 2.05) is 6.92 Å². The van der Waals surface area contributed by atoms with Crippen LogP contribution >= 0.6 is 11.3 Å². The molecule has 1 rings (SSSR count). The molecule has 0 aromatic carbocycles. The number of hydrogen-bond donors (Lipinski definition) is 0. The zero-order valence-corrected chi connectivity index (χ0v) is 7.76. The number of Topliss-reactive ketones (excluding diaryl/α,β-unsaturated/α-hetero) is 1. The Balaban J connectivity index is 2.30. The lowest BCUT2D eigenvalue weighted by molar-refractivity contribution is 0.0765. The highest BCUT2D eigenvalue weighted by atomic mass is 32.1. The Kier molecular flexibility index (Phi) is 3.90. The number of nitrogens with zero attached hydrogens (tertiary/aromatic N) is 1. The molecular weight excluding hydrogens is 174 g/mol. The molecule has 0 saturated heterocycles. The SMILES string of the molecule is CCCOCC(=O)c1cncs1. The number of ether oxygens (including phenoxy) is 1. The highest BCUT2D eigenvalue weighted by Gasteiger charge is 2.06. The molecule has 0 aliphatic carbocycles. The van der Waals surface area contributed by atoms with Crippen molar-refractivity contribution in [3.63, 3.8) is 0 Å². The lowest BCUT2D eigenvalue weighted by atomic mass is 10.4. The molecule has 0 spiro atoms. The van der Waals surface area contributed by atoms with Crippen LogP contribution in [-0.2, 0) is 4.74 Å². The van der Waals surface area contributed by atoms with Gasteiger partial charge < -0.3 is 4.74 Å². The van der Waals surface area contributed by atoms with E-state index in [2.05, 4.69) is 4.98 Å². The Bertz CT molecular complexity index is 233. The molecule has 1 aromatic rings. The third kappa shape index (κ3) is 2.71. The largest absolute Gasteiger partial charge is 0.373 e. The lowest BCUT2D eigenvalue weighted by Gasteiger charge is -1.98. The van der Waals surface area contributed by atoms with Crippen LogP contribution in [0.5, 0.6) is 0 Å². The number of rotatable bonds is 5. The van der Waals surface area contributed by atoms with Gasteiger partial charge in [0.15, 0.2) is 5.78 Å². The van der Waals surface area contributed by atoms with Crippen LogP contribution in [0.1, 0.15) is 23.0 Å². The first-order valence-electron chi connectivity index (χ1n) is 3.84. The summed E-state index contributed by atoms with van der Waals surface area (Å²) in [7, 11) is 0. The first kappa shape index (κ1) is 9.35. The van der Waals surface area contributed by atoms with Gasteiger partial charge in [-0.1, -0.05) is 6.92 Å². The van der Waals surface area contributed by atoms with Gasteiger partial charge in [0.05, 0.1) is 10.4 Å². The van der Waals surface area contributed by atoms with E-state index in [4.69, 9.17) is 4.74 Å². The van der Waals surface area contributed by atoms with Crippen LogP contribution < -0.4 is 0 Å². The summed E-state index contributed by atoms with van der Waals surface area (Å²) >= 11 is 1.35. The molecular formula is C8H11NO2S. The Morgan fingerprint density at radius 2 is 2.58 bits per heavy atom. The van der Waals surface area contributed by atoms with E-state index in [0.717, 1.165) is 6.42 Å². The Hall–Kier alpha value is -0.740. The lowest BCUT2D eigenvalue weighted by Crippen LogP contribution is -2.07. The minimum Gasteiger partial charge on any atom is -0.373 e. The number of aromatic nitrogens is 1. The molecule has 0 bridgehead atoms. The maximum atomic E-state index is 11.2. The van der Waals surface area contributed by atoms with Crippen molar-refractivity contribution in [2.24, 2.45) is 0 Å². The van der Waals surface area contributed by atoms with E-state index in [-0.39, 0.29) is 12.4 Å². The third-order valence-electron chi connectivity index (χ3n) is 1.29. The van der Waals surface area contributed by atoms with Gasteiger partial charge in [0, 0.05) is 12.8 Å². The van der Waals surface area contributed by atoms with Crippen LogP contribution in [0.25, 0.3) is 0 Å². The van der Waals surface area contributed by atoms with Crippen LogP contribution in [0.4, 0.5) is 0 Å². The zero-order chi connectivity index (χ0) is 8.81. The van der Waals surface area contributed by atoms with Crippen molar-refractivity contribution in [3.05, 3.63) is 16.6 Å². The predicted molar refractivity (Wildman–Crippen MR) is 47.6 cm³/mol. The quantitative estimate of drug-likeness (QED) is 0.518. The second-order valence-corrected chi connectivity index (χ2v) is 3.23. The molecule has 0 fully saturated rings. The summed E-state index contributed by atoms with van der Waals surface area (Å²) in [5.74, 6) is 0.0194. The molecule has 1 heterocycles. The Labute approximate surface area is 75.4 Å². The van der Waals surface area contributed by atoms with Gasteiger partial charge in [-0.05, 0) is 6.42 Å². The predicted octanol–water partition coefficient (Wildman–Crippen LogP) is 1.75. The van der Waals surface area contributed by atoms with Crippen molar-refractivity contribution in [3.8, 4) is 0 Å². The summed E-state index contributed by atoms with van der Waals surface area (Å²) in [6, 6.07) is 0. The van der Waals surface area contributed by atoms with Crippen molar-refractivity contribution in [1.82, 2.24) is 4.98 Å². The van der Waals surface area contributed by atoms with Crippen molar-refractivity contribution >= 4 is 17.1 Å². The summed E-state index contributed by atoms with van der Waals surface area (Å²) in [5.41, 5.74) is 1.65. The molecule has 3 nitrogen and oxygen atoms in total. The third-order valence-corrected chi connectivity index (χ3v) is 2.10. The molecule has 0 aliphatic rings. The number of thiazole rings is 1. The summed E-state index contributed by atoms with van der Waals surface area (Å²) in [4.78, 5) is 15.7. The molecule has 0 amide bonds. The zero-order valence-electron chi connectivity index (χ0n) is 6.95. The number of hydrogen-bond acceptors (Lipinski definition) is 4. The molecule has 0 atom stereocenters. The van der Waals surface area contributed by atoms with Crippen molar-refractivity contribution in [1.29, 1.82) is 0 Å². The van der Waals surface area contributed by atoms with Gasteiger partial charge in [-0.25, -0.2) is 0 Å². The summed E-state index contributed by atoms with van der Waals surface area (Å²) in [6.45, 7) is 2.83. The second kappa shape index (κ2) is 5.00. The van der Waals surface area contributed by atoms with Crippen molar-refractivity contribution in [2.75, 3.05) is 13.2 Å². The van der Waals surface area contributed by atoms with Gasteiger partial charge in [-0.15, -0.1) is 11.3 Å². The van der Waals surface area contributed by atoms with Crippen LogP contribution in [0.2, 0.25) is 0 Å². The van der Waals surface area contributed by atoms with Crippen LogP contribution in [0, 0.1) is 0 Å². The van der Waals surface area contributed by atoms with Crippen LogP contribution in [0.15, 0.2) is 11.7 Å². The maximum Gasteiger partial charge on any atom is 0.199 e. The maximum absolute atomic E-state index is 11.2. The molecule has 0 saturated carbocycles. The van der Waals surface area contributed by atoms with Gasteiger partial charge in [0.2, 0.25) is 0 Å². The molecule has 1 aromatic heterocycles. The molecule has 12 heavy (non-hydrogen) atoms. The summed E-state index contributed by atoms with van der Waals surface area (Å²) in [6.07, 6.45) is 2.51. The highest BCUT2D eigenvalue weighted by molar-refractivity contribution is 7.11. The smallest absolute Gasteiger partial charge is 0.199 e. The van der Waals surface area contributed by atoms with Gasteiger partial charge in [-0.3, -0.25) is 9.78 Å². The Morgan fingerprint density at radius 3 is 3.17 bits per heavy atom. The van der Waals surface area contributed by atoms with Gasteiger partial charge in [0.1, 0.15) is 6.61 Å². The molecule has 66 valence electrons. The fourth-order valence-electron chi connectivity index (χ4n) is 0.734. The van der Waals surface area contributed by atoms with E-state index in [0.29, 0.717) is 11.5 Å². The van der Waals surface area contributed by atoms with E-state index < -0.39 is 0 Å². The minimum absolute atomic E-state index is 0.0194. The fraction of sp³-hybridized carbons (Fsp3) is 0.500. The normalized spacial score (nSPS) is 10.1. The average Bonchev–Trinajstić information content (AvgIpc) is 2.56. The monoisotopic (exact) mass is 185 g/mol. The topological polar surface area (TPSA) is 39.2 Å². The minimum atomic E-state index is 0.0194. The molecule has 4 heteroatoms. The number of ketones is 1. The van der Waals surface area contributed by atoms with Crippen LogP contribution in [0.3, 0.4) is 0 Å². The van der Waals surface area contributed by atoms with E-state index >= 15 is 0 Å². The van der Waals surface area contributed by atoms with Crippen LogP contribution in [-0.4, -0.2) is 24.0 Å². The first-order chi connectivity index (χ1) is 5.84. The summed E-state index contributed by atoms with van der Waals surface area (Å²) < 4.78 is 5.10. The molecule has 0 radical (unpaired) electrons. The van der Waals surface area contributed by atoms with E-state index in [1.54, 1.807) is 11.7 Å². The van der Waals surface area contributed by atoms with Crippen molar-refractivity contribution < 1.29 is 9.53 Å². The fourth-order valence-corrected chi connectivity index (χ4v) is 1.28. The van der Waals surface area contributed by atoms with E-state index in [9.17, 15) is 4.79 Å². The van der Waals surface area contributed by atoms with Gasteiger partial charge >= 0.3 is 0 Å². The molecule has 0 aliphatic heterocycles. The van der Waals surface area contributed by atoms with Crippen molar-refractivity contribution in [2.45, 2.75) is 13.3 Å². The van der Waals surface area contributed by atoms with Gasteiger partial charge in [-0.2, -0.15) is 0 Å². The molecule has 0 unspecified atom stereocenters. The number of carbonyl (C=O) groups excluding carboxylic acids is 1. The standard InChI is InChI=1S/C8H11NO2S/c1-2-3-11-5-7(10)8-4-9-6-12-8/h4,6H,2-3,5H2,1H3.